The molecular formula is C12H15BrFNO2S. The van der Waals surface area contributed by atoms with E-state index in [0.717, 1.165) is 12.1 Å². The Labute approximate surface area is 115 Å². The third-order valence-electron chi connectivity index (χ3n) is 2.37. The fraction of sp³-hybridized carbons (Fsp3) is 0.333. The van der Waals surface area contributed by atoms with E-state index in [2.05, 4.69) is 22.5 Å². The lowest BCUT2D eigenvalue weighted by Crippen LogP contribution is -2.37. The van der Waals surface area contributed by atoms with Crippen molar-refractivity contribution in [1.29, 1.82) is 0 Å². The summed E-state index contributed by atoms with van der Waals surface area (Å²) in [5, 5.41) is 0. The highest BCUT2D eigenvalue weighted by molar-refractivity contribution is 9.10. The van der Waals surface area contributed by atoms with Gasteiger partial charge >= 0.3 is 0 Å². The first-order valence-corrected chi connectivity index (χ1v) is 7.61. The third kappa shape index (κ3) is 3.18. The zero-order chi connectivity index (χ0) is 13.9. The summed E-state index contributed by atoms with van der Waals surface area (Å²) in [6.07, 6.45) is 1.52. The van der Waals surface area contributed by atoms with Gasteiger partial charge in [0.1, 0.15) is 5.82 Å². The SMILES string of the molecule is C=CCN(C(C)C)S(=O)(=O)c1ccc(F)cc1Br. The number of nitrogens with zero attached hydrogens (tertiary/aromatic N) is 1. The number of hydrogen-bond acceptors (Lipinski definition) is 2. The molecule has 0 aliphatic heterocycles. The highest BCUT2D eigenvalue weighted by atomic mass is 79.9. The Kier molecular flexibility index (Phi) is 5.07. The number of halogens is 2. The maximum absolute atomic E-state index is 13.0. The summed E-state index contributed by atoms with van der Waals surface area (Å²) in [5.41, 5.74) is 0. The van der Waals surface area contributed by atoms with Crippen LogP contribution in [0, 0.1) is 5.82 Å². The molecule has 0 unspecified atom stereocenters. The smallest absolute Gasteiger partial charge is 0.207 e. The van der Waals surface area contributed by atoms with E-state index < -0.39 is 15.8 Å². The molecule has 6 heteroatoms. The molecule has 0 fully saturated rings. The molecule has 0 aliphatic carbocycles. The van der Waals surface area contributed by atoms with Crippen LogP contribution in [0.15, 0.2) is 40.2 Å². The molecule has 1 rings (SSSR count). The van der Waals surface area contributed by atoms with E-state index in [4.69, 9.17) is 0 Å². The molecule has 0 bridgehead atoms. The Morgan fingerprint density at radius 2 is 2.11 bits per heavy atom. The van der Waals surface area contributed by atoms with Crippen LogP contribution in [0.2, 0.25) is 0 Å². The molecule has 0 saturated heterocycles. The molecule has 0 radical (unpaired) electrons. The zero-order valence-corrected chi connectivity index (χ0v) is 12.6. The predicted molar refractivity (Wildman–Crippen MR) is 73.3 cm³/mol. The van der Waals surface area contributed by atoms with Gasteiger partial charge in [0.2, 0.25) is 10.0 Å². The van der Waals surface area contributed by atoms with E-state index in [9.17, 15) is 12.8 Å². The quantitative estimate of drug-likeness (QED) is 0.775. The van der Waals surface area contributed by atoms with E-state index in [1.807, 2.05) is 0 Å². The zero-order valence-electron chi connectivity index (χ0n) is 10.2. The molecule has 0 aromatic heterocycles. The van der Waals surface area contributed by atoms with E-state index in [1.165, 1.54) is 16.4 Å². The monoisotopic (exact) mass is 335 g/mol. The van der Waals surface area contributed by atoms with E-state index in [0.29, 0.717) is 0 Å². The van der Waals surface area contributed by atoms with Crippen LogP contribution in [0.4, 0.5) is 4.39 Å². The van der Waals surface area contributed by atoms with Gasteiger partial charge in [-0.05, 0) is 48.0 Å². The fourth-order valence-electron chi connectivity index (χ4n) is 1.52. The topological polar surface area (TPSA) is 37.4 Å². The van der Waals surface area contributed by atoms with Crippen LogP contribution in [0.1, 0.15) is 13.8 Å². The average Bonchev–Trinajstić information content (AvgIpc) is 2.24. The third-order valence-corrected chi connectivity index (χ3v) is 5.38. The Morgan fingerprint density at radius 1 is 1.50 bits per heavy atom. The minimum Gasteiger partial charge on any atom is -0.207 e. The first-order valence-electron chi connectivity index (χ1n) is 5.38. The average molecular weight is 336 g/mol. The van der Waals surface area contributed by atoms with Crippen molar-refractivity contribution in [3.63, 3.8) is 0 Å². The lowest BCUT2D eigenvalue weighted by Gasteiger charge is -2.25. The van der Waals surface area contributed by atoms with Crippen molar-refractivity contribution in [2.45, 2.75) is 24.8 Å². The van der Waals surface area contributed by atoms with Gasteiger partial charge < -0.3 is 0 Å². The lowest BCUT2D eigenvalue weighted by molar-refractivity contribution is 0.382. The molecule has 0 N–H and O–H groups in total. The molecule has 100 valence electrons. The summed E-state index contributed by atoms with van der Waals surface area (Å²) in [7, 11) is -3.66. The highest BCUT2D eigenvalue weighted by Crippen LogP contribution is 2.26. The first-order chi connectivity index (χ1) is 8.30. The van der Waals surface area contributed by atoms with Crippen LogP contribution in [0.3, 0.4) is 0 Å². The highest BCUT2D eigenvalue weighted by Gasteiger charge is 2.27. The summed E-state index contributed by atoms with van der Waals surface area (Å²) in [5.74, 6) is -0.486. The molecule has 3 nitrogen and oxygen atoms in total. The van der Waals surface area contributed by atoms with Gasteiger partial charge in [0.05, 0.1) is 4.90 Å². The molecule has 18 heavy (non-hydrogen) atoms. The van der Waals surface area contributed by atoms with Crippen LogP contribution in [0.25, 0.3) is 0 Å². The minimum absolute atomic E-state index is 0.0550. The fourth-order valence-corrected chi connectivity index (χ4v) is 4.14. The van der Waals surface area contributed by atoms with Crippen molar-refractivity contribution in [2.75, 3.05) is 6.54 Å². The summed E-state index contributed by atoms with van der Waals surface area (Å²) in [6.45, 7) is 7.31. The summed E-state index contributed by atoms with van der Waals surface area (Å²) >= 11 is 3.08. The van der Waals surface area contributed by atoms with Gasteiger partial charge in [-0.15, -0.1) is 6.58 Å². The van der Waals surface area contributed by atoms with Crippen molar-refractivity contribution in [1.82, 2.24) is 4.31 Å². The number of hydrogen-bond donors (Lipinski definition) is 0. The predicted octanol–water partition coefficient (Wildman–Crippen LogP) is 3.17. The largest absolute Gasteiger partial charge is 0.244 e. The number of sulfonamides is 1. The van der Waals surface area contributed by atoms with Crippen LogP contribution < -0.4 is 0 Å². The Bertz CT molecular complexity index is 543. The second kappa shape index (κ2) is 5.95. The molecule has 1 aromatic rings. The van der Waals surface area contributed by atoms with Crippen molar-refractivity contribution in [3.05, 3.63) is 41.1 Å². The van der Waals surface area contributed by atoms with Crippen LogP contribution >= 0.6 is 15.9 Å². The van der Waals surface area contributed by atoms with Gasteiger partial charge in [-0.3, -0.25) is 0 Å². The summed E-state index contributed by atoms with van der Waals surface area (Å²) < 4.78 is 39.4. The lowest BCUT2D eigenvalue weighted by atomic mass is 10.3. The second-order valence-corrected chi connectivity index (χ2v) is 6.75. The van der Waals surface area contributed by atoms with E-state index in [1.54, 1.807) is 13.8 Å². The molecule has 0 spiro atoms. The van der Waals surface area contributed by atoms with Gasteiger partial charge in [0.25, 0.3) is 0 Å². The maximum atomic E-state index is 13.0. The number of rotatable bonds is 5. The standard InChI is InChI=1S/C12H15BrFNO2S/c1-4-7-15(9(2)3)18(16,17)12-6-5-10(14)8-11(12)13/h4-6,8-9H,1,7H2,2-3H3. The van der Waals surface area contributed by atoms with Crippen molar-refractivity contribution in [3.8, 4) is 0 Å². The Morgan fingerprint density at radius 3 is 2.56 bits per heavy atom. The number of benzene rings is 1. The molecule has 0 amide bonds. The van der Waals surface area contributed by atoms with Crippen molar-refractivity contribution >= 4 is 26.0 Å². The molecule has 0 aliphatic rings. The normalized spacial score (nSPS) is 12.1. The van der Waals surface area contributed by atoms with E-state index in [-0.39, 0.29) is 22.0 Å². The minimum atomic E-state index is -3.66. The first kappa shape index (κ1) is 15.3. The van der Waals surface area contributed by atoms with Crippen LogP contribution in [-0.2, 0) is 10.0 Å². The maximum Gasteiger partial charge on any atom is 0.244 e. The van der Waals surface area contributed by atoms with Gasteiger partial charge in [0, 0.05) is 17.1 Å². The van der Waals surface area contributed by atoms with Crippen molar-refractivity contribution in [2.24, 2.45) is 0 Å². The van der Waals surface area contributed by atoms with Crippen LogP contribution in [0.5, 0.6) is 0 Å². The molecule has 1 aromatic carbocycles. The van der Waals surface area contributed by atoms with E-state index >= 15 is 0 Å². The van der Waals surface area contributed by atoms with Gasteiger partial charge in [-0.2, -0.15) is 4.31 Å². The second-order valence-electron chi connectivity index (χ2n) is 4.03. The summed E-state index contributed by atoms with van der Waals surface area (Å²) in [6, 6.07) is 3.32. The van der Waals surface area contributed by atoms with Gasteiger partial charge in [-0.25, -0.2) is 12.8 Å². The van der Waals surface area contributed by atoms with Crippen molar-refractivity contribution < 1.29 is 12.8 Å². The Balaban J connectivity index is 3.30. The van der Waals surface area contributed by atoms with Gasteiger partial charge in [-0.1, -0.05) is 6.08 Å². The molecular weight excluding hydrogens is 321 g/mol. The molecule has 0 heterocycles. The Hall–Kier alpha value is -0.720. The van der Waals surface area contributed by atoms with Crippen LogP contribution in [-0.4, -0.2) is 25.3 Å². The molecule has 0 atom stereocenters. The van der Waals surface area contributed by atoms with Gasteiger partial charge in [0.15, 0.2) is 0 Å². The summed E-state index contributed by atoms with van der Waals surface area (Å²) in [4.78, 5) is 0.0550. The molecule has 0 saturated carbocycles.